The Morgan fingerprint density at radius 3 is 1.89 bits per heavy atom. The van der Waals surface area contributed by atoms with E-state index in [1.54, 1.807) is 0 Å². The molecule has 1 saturated carbocycles. The molecule has 0 aromatic rings. The van der Waals surface area contributed by atoms with E-state index in [1.165, 1.54) is 0 Å². The minimum absolute atomic E-state index is 0. The van der Waals surface area contributed by atoms with Gasteiger partial charge in [-0.1, -0.05) is 12.8 Å². The standard InChI is InChI=1S/C6H10ClO.Na/c7-5-1-3-6(8)4-2-5;/h5-6H,1-4H2;/q-1;+1. The van der Waals surface area contributed by atoms with Gasteiger partial charge in [-0.25, -0.2) is 0 Å². The van der Waals surface area contributed by atoms with E-state index in [1.807, 2.05) is 0 Å². The second-order valence-corrected chi connectivity index (χ2v) is 2.99. The summed E-state index contributed by atoms with van der Waals surface area (Å²) in [7, 11) is 0. The van der Waals surface area contributed by atoms with Crippen LogP contribution in [0.5, 0.6) is 0 Å². The fourth-order valence-corrected chi connectivity index (χ4v) is 1.27. The van der Waals surface area contributed by atoms with Crippen molar-refractivity contribution in [1.82, 2.24) is 0 Å². The van der Waals surface area contributed by atoms with Crippen LogP contribution in [0.25, 0.3) is 0 Å². The molecule has 48 valence electrons. The summed E-state index contributed by atoms with van der Waals surface area (Å²) in [5, 5.41) is 10.9. The Balaban J connectivity index is 0.000000640. The van der Waals surface area contributed by atoms with Crippen LogP contribution in [0.2, 0.25) is 0 Å². The summed E-state index contributed by atoms with van der Waals surface area (Å²) >= 11 is 5.74. The van der Waals surface area contributed by atoms with Crippen LogP contribution in [-0.4, -0.2) is 11.5 Å². The number of rotatable bonds is 0. The van der Waals surface area contributed by atoms with Crippen molar-refractivity contribution in [3.63, 3.8) is 0 Å². The third kappa shape index (κ3) is 3.84. The monoisotopic (exact) mass is 156 g/mol. The smallest absolute Gasteiger partial charge is 0.852 e. The molecule has 0 aromatic heterocycles. The van der Waals surface area contributed by atoms with Crippen molar-refractivity contribution in [2.24, 2.45) is 0 Å². The van der Waals surface area contributed by atoms with Gasteiger partial charge in [0.05, 0.1) is 0 Å². The van der Waals surface area contributed by atoms with Crippen molar-refractivity contribution in [3.8, 4) is 0 Å². The Morgan fingerprint density at radius 2 is 1.56 bits per heavy atom. The minimum Gasteiger partial charge on any atom is -0.852 e. The summed E-state index contributed by atoms with van der Waals surface area (Å²) in [4.78, 5) is 0. The molecule has 0 heterocycles. The van der Waals surface area contributed by atoms with Gasteiger partial charge in [0.2, 0.25) is 0 Å². The average Bonchev–Trinajstić information content (AvgIpc) is 1.77. The SMILES string of the molecule is [Na+].[O-]C1CCC(Cl)CC1. The first kappa shape index (κ1) is 10.2. The summed E-state index contributed by atoms with van der Waals surface area (Å²) in [6.07, 6.45) is 3.11. The summed E-state index contributed by atoms with van der Waals surface area (Å²) in [5.74, 6) is 0. The topological polar surface area (TPSA) is 23.1 Å². The first-order valence-electron chi connectivity index (χ1n) is 3.09. The first-order chi connectivity index (χ1) is 3.79. The Bertz CT molecular complexity index is 61.5. The molecule has 3 heteroatoms. The molecule has 0 amide bonds. The normalized spacial score (nSPS) is 35.3. The van der Waals surface area contributed by atoms with Crippen molar-refractivity contribution < 1.29 is 34.7 Å². The summed E-state index contributed by atoms with van der Waals surface area (Å²) in [6.45, 7) is 0. The van der Waals surface area contributed by atoms with Gasteiger partial charge in [0.25, 0.3) is 0 Å². The van der Waals surface area contributed by atoms with Crippen molar-refractivity contribution in [2.75, 3.05) is 0 Å². The van der Waals surface area contributed by atoms with Crippen molar-refractivity contribution >= 4 is 11.6 Å². The van der Waals surface area contributed by atoms with Gasteiger partial charge < -0.3 is 5.11 Å². The molecule has 0 aromatic carbocycles. The molecule has 1 rings (SSSR count). The van der Waals surface area contributed by atoms with Gasteiger partial charge in [0.1, 0.15) is 0 Å². The predicted molar refractivity (Wildman–Crippen MR) is 31.9 cm³/mol. The van der Waals surface area contributed by atoms with Crippen molar-refractivity contribution in [2.45, 2.75) is 37.2 Å². The van der Waals surface area contributed by atoms with Gasteiger partial charge >= 0.3 is 29.6 Å². The Kier molecular flexibility index (Phi) is 5.67. The molecule has 0 spiro atoms. The maximum Gasteiger partial charge on any atom is 1.00 e. The zero-order valence-corrected chi connectivity index (χ0v) is 8.53. The maximum absolute atomic E-state index is 10.6. The van der Waals surface area contributed by atoms with Crippen LogP contribution in [-0.2, 0) is 0 Å². The fourth-order valence-electron chi connectivity index (χ4n) is 1.02. The van der Waals surface area contributed by atoms with Gasteiger partial charge in [-0.3, -0.25) is 0 Å². The third-order valence-corrected chi connectivity index (χ3v) is 2.04. The van der Waals surface area contributed by atoms with E-state index in [4.69, 9.17) is 11.6 Å². The fraction of sp³-hybridized carbons (Fsp3) is 1.00. The molecule has 0 bridgehead atoms. The van der Waals surface area contributed by atoms with Crippen LogP contribution in [0.3, 0.4) is 0 Å². The average molecular weight is 157 g/mol. The number of halogens is 1. The first-order valence-corrected chi connectivity index (χ1v) is 3.52. The van der Waals surface area contributed by atoms with E-state index in [9.17, 15) is 5.11 Å². The third-order valence-electron chi connectivity index (χ3n) is 1.60. The van der Waals surface area contributed by atoms with Crippen LogP contribution >= 0.6 is 11.6 Å². The van der Waals surface area contributed by atoms with E-state index in [-0.39, 0.29) is 35.7 Å². The Morgan fingerprint density at radius 1 is 1.11 bits per heavy atom. The minimum atomic E-state index is -0.315. The van der Waals surface area contributed by atoms with Crippen LogP contribution in [0.15, 0.2) is 0 Å². The molecular weight excluding hydrogens is 147 g/mol. The zero-order chi connectivity index (χ0) is 5.98. The molecule has 0 atom stereocenters. The quantitative estimate of drug-likeness (QED) is 0.291. The largest absolute Gasteiger partial charge is 1.00 e. The molecule has 9 heavy (non-hydrogen) atoms. The Hall–Kier alpha value is 1.25. The summed E-state index contributed by atoms with van der Waals surface area (Å²) < 4.78 is 0. The summed E-state index contributed by atoms with van der Waals surface area (Å²) in [6, 6.07) is 0. The molecular formula is C6H10ClNaO. The second-order valence-electron chi connectivity index (χ2n) is 2.37. The molecule has 0 N–H and O–H groups in total. The zero-order valence-electron chi connectivity index (χ0n) is 5.77. The Labute approximate surface area is 83.1 Å². The van der Waals surface area contributed by atoms with Crippen LogP contribution in [0.4, 0.5) is 0 Å². The van der Waals surface area contributed by atoms with E-state index in [0.717, 1.165) is 25.7 Å². The van der Waals surface area contributed by atoms with Gasteiger partial charge in [-0.05, 0) is 12.8 Å². The van der Waals surface area contributed by atoms with Gasteiger partial charge in [-0.2, -0.15) is 0 Å². The molecule has 0 saturated heterocycles. The van der Waals surface area contributed by atoms with Gasteiger partial charge in [-0.15, -0.1) is 17.7 Å². The van der Waals surface area contributed by atoms with Gasteiger partial charge in [0.15, 0.2) is 0 Å². The van der Waals surface area contributed by atoms with Crippen LogP contribution < -0.4 is 34.7 Å². The van der Waals surface area contributed by atoms with Crippen LogP contribution in [0.1, 0.15) is 25.7 Å². The molecule has 0 unspecified atom stereocenters. The van der Waals surface area contributed by atoms with Crippen LogP contribution in [0, 0.1) is 0 Å². The van der Waals surface area contributed by atoms with E-state index in [0.29, 0.717) is 5.38 Å². The molecule has 1 nitrogen and oxygen atoms in total. The molecule has 1 aliphatic rings. The molecule has 1 aliphatic carbocycles. The predicted octanol–water partition coefficient (Wildman–Crippen LogP) is -2.10. The number of alkyl halides is 1. The number of hydrogen-bond acceptors (Lipinski definition) is 1. The maximum atomic E-state index is 10.6. The molecule has 0 radical (unpaired) electrons. The number of hydrogen-bond donors (Lipinski definition) is 0. The molecule has 1 fully saturated rings. The van der Waals surface area contributed by atoms with E-state index >= 15 is 0 Å². The van der Waals surface area contributed by atoms with E-state index in [2.05, 4.69) is 0 Å². The van der Waals surface area contributed by atoms with E-state index < -0.39 is 0 Å². The van der Waals surface area contributed by atoms with Gasteiger partial charge in [0, 0.05) is 5.38 Å². The van der Waals surface area contributed by atoms with Crippen molar-refractivity contribution in [3.05, 3.63) is 0 Å². The second kappa shape index (κ2) is 4.97. The summed E-state index contributed by atoms with van der Waals surface area (Å²) in [5.41, 5.74) is 0. The molecule has 0 aliphatic heterocycles. The van der Waals surface area contributed by atoms with Crippen molar-refractivity contribution in [1.29, 1.82) is 0 Å².